The van der Waals surface area contributed by atoms with Crippen molar-refractivity contribution in [1.29, 1.82) is 0 Å². The fourth-order valence-corrected chi connectivity index (χ4v) is 2.57. The van der Waals surface area contributed by atoms with Crippen molar-refractivity contribution in [3.05, 3.63) is 45.9 Å². The third kappa shape index (κ3) is 5.66. The molecule has 24 heavy (non-hydrogen) atoms. The van der Waals surface area contributed by atoms with Gasteiger partial charge in [0, 0.05) is 17.0 Å². The van der Waals surface area contributed by atoms with Gasteiger partial charge in [0.05, 0.1) is 17.2 Å². The quantitative estimate of drug-likeness (QED) is 0.805. The molecule has 0 aliphatic rings. The van der Waals surface area contributed by atoms with E-state index in [0.717, 1.165) is 10.7 Å². The molecule has 1 aromatic heterocycles. The number of hydrogen-bond acceptors (Lipinski definition) is 5. The van der Waals surface area contributed by atoms with Crippen LogP contribution in [0.15, 0.2) is 29.6 Å². The summed E-state index contributed by atoms with van der Waals surface area (Å²) in [5.74, 6) is 0.155. The van der Waals surface area contributed by atoms with E-state index >= 15 is 0 Å². The van der Waals surface area contributed by atoms with Gasteiger partial charge in [-0.2, -0.15) is 0 Å². The summed E-state index contributed by atoms with van der Waals surface area (Å²) in [5.41, 5.74) is 1.36. The van der Waals surface area contributed by atoms with Crippen LogP contribution in [0.1, 0.15) is 34.9 Å². The second-order valence-corrected chi connectivity index (χ2v) is 6.64. The van der Waals surface area contributed by atoms with Gasteiger partial charge in [-0.25, -0.2) is 4.98 Å². The zero-order valence-electron chi connectivity index (χ0n) is 14.0. The highest BCUT2D eigenvalue weighted by atomic mass is 32.1. The number of thiazole rings is 1. The van der Waals surface area contributed by atoms with Crippen LogP contribution in [0.25, 0.3) is 0 Å². The average molecular weight is 347 g/mol. The minimum atomic E-state index is -0.296. The maximum absolute atomic E-state index is 12.0. The first-order valence-corrected chi connectivity index (χ1v) is 8.53. The Hall–Kier alpha value is -2.41. The first-order chi connectivity index (χ1) is 11.4. The Morgan fingerprint density at radius 2 is 1.96 bits per heavy atom. The number of aryl methyl sites for hydroxylation is 1. The Kier molecular flexibility index (Phi) is 6.31. The number of carbonyl (C=O) groups excluding carboxylic acids is 2. The van der Waals surface area contributed by atoms with Crippen molar-refractivity contribution in [2.24, 2.45) is 0 Å². The number of hydrogen-bond donors (Lipinski definition) is 2. The molecule has 0 fully saturated rings. The fourth-order valence-electron chi connectivity index (χ4n) is 1.97. The van der Waals surface area contributed by atoms with E-state index in [1.54, 1.807) is 35.6 Å². The van der Waals surface area contributed by atoms with Crippen LogP contribution in [-0.4, -0.2) is 29.4 Å². The second-order valence-electron chi connectivity index (χ2n) is 5.58. The van der Waals surface area contributed by atoms with Crippen molar-refractivity contribution in [2.45, 2.75) is 33.4 Å². The number of rotatable bonds is 7. The van der Waals surface area contributed by atoms with Crippen LogP contribution in [0.2, 0.25) is 0 Å². The molecule has 0 unspecified atom stereocenters. The summed E-state index contributed by atoms with van der Waals surface area (Å²) >= 11 is 1.58. The summed E-state index contributed by atoms with van der Waals surface area (Å²) in [4.78, 5) is 27.8. The van der Waals surface area contributed by atoms with Gasteiger partial charge in [0.1, 0.15) is 12.4 Å². The Morgan fingerprint density at radius 3 is 2.54 bits per heavy atom. The van der Waals surface area contributed by atoms with Crippen molar-refractivity contribution < 1.29 is 14.3 Å². The van der Waals surface area contributed by atoms with Crippen molar-refractivity contribution >= 4 is 23.2 Å². The Balaban J connectivity index is 1.82. The standard InChI is InChI=1S/C17H21N3O3S/c1-11(2)19-16(21)8-18-17(22)13-4-6-15(7-5-13)23-9-14-10-24-12(3)20-14/h4-7,10-11H,8-9H2,1-3H3,(H,18,22)(H,19,21). The van der Waals surface area contributed by atoms with Gasteiger partial charge in [-0.15, -0.1) is 11.3 Å². The number of ether oxygens (including phenoxy) is 1. The number of carbonyl (C=O) groups is 2. The van der Waals surface area contributed by atoms with Crippen LogP contribution in [0.4, 0.5) is 0 Å². The van der Waals surface area contributed by atoms with Crippen molar-refractivity contribution in [3.8, 4) is 5.75 Å². The lowest BCUT2D eigenvalue weighted by Crippen LogP contribution is -2.39. The van der Waals surface area contributed by atoms with Crippen molar-refractivity contribution in [2.75, 3.05) is 6.54 Å². The minimum Gasteiger partial charge on any atom is -0.487 e. The summed E-state index contributed by atoms with van der Waals surface area (Å²) in [6.45, 7) is 6.03. The van der Waals surface area contributed by atoms with Crippen LogP contribution < -0.4 is 15.4 Å². The third-order valence-corrected chi connectivity index (χ3v) is 3.85. The minimum absolute atomic E-state index is 0.0432. The van der Waals surface area contributed by atoms with E-state index in [9.17, 15) is 9.59 Å². The van der Waals surface area contributed by atoms with E-state index < -0.39 is 0 Å². The van der Waals surface area contributed by atoms with Gasteiger partial charge in [-0.1, -0.05) is 0 Å². The zero-order chi connectivity index (χ0) is 17.5. The second kappa shape index (κ2) is 8.44. The maximum atomic E-state index is 12.0. The van der Waals surface area contributed by atoms with Gasteiger partial charge < -0.3 is 15.4 Å². The Morgan fingerprint density at radius 1 is 1.25 bits per heavy atom. The number of amides is 2. The van der Waals surface area contributed by atoms with E-state index in [4.69, 9.17) is 4.74 Å². The normalized spacial score (nSPS) is 10.5. The molecule has 0 aliphatic heterocycles. The molecule has 0 saturated carbocycles. The van der Waals surface area contributed by atoms with E-state index in [-0.39, 0.29) is 24.4 Å². The van der Waals surface area contributed by atoms with E-state index in [1.165, 1.54) is 0 Å². The summed E-state index contributed by atoms with van der Waals surface area (Å²) in [7, 11) is 0. The topological polar surface area (TPSA) is 80.3 Å². The molecule has 2 rings (SSSR count). The van der Waals surface area contributed by atoms with E-state index in [1.807, 2.05) is 26.2 Å². The number of aromatic nitrogens is 1. The molecule has 0 radical (unpaired) electrons. The van der Waals surface area contributed by atoms with Gasteiger partial charge in [0.15, 0.2) is 0 Å². The van der Waals surface area contributed by atoms with E-state index in [0.29, 0.717) is 17.9 Å². The Labute approximate surface area is 145 Å². The molecule has 2 amide bonds. The maximum Gasteiger partial charge on any atom is 0.251 e. The lowest BCUT2D eigenvalue weighted by Gasteiger charge is -2.09. The van der Waals surface area contributed by atoms with Crippen LogP contribution in [-0.2, 0) is 11.4 Å². The predicted octanol–water partition coefficient (Wildman–Crippen LogP) is 2.28. The highest BCUT2D eigenvalue weighted by molar-refractivity contribution is 7.09. The first-order valence-electron chi connectivity index (χ1n) is 7.65. The van der Waals surface area contributed by atoms with Crippen LogP contribution in [0.5, 0.6) is 5.75 Å². The molecule has 0 bridgehead atoms. The predicted molar refractivity (Wildman–Crippen MR) is 93.2 cm³/mol. The molecule has 1 heterocycles. The molecule has 6 nitrogen and oxygen atoms in total. The molecule has 0 aliphatic carbocycles. The largest absolute Gasteiger partial charge is 0.487 e. The van der Waals surface area contributed by atoms with Gasteiger partial charge in [0.2, 0.25) is 5.91 Å². The van der Waals surface area contributed by atoms with Crippen LogP contribution in [0, 0.1) is 6.92 Å². The van der Waals surface area contributed by atoms with Gasteiger partial charge in [-0.3, -0.25) is 9.59 Å². The zero-order valence-corrected chi connectivity index (χ0v) is 14.8. The summed E-state index contributed by atoms with van der Waals surface area (Å²) in [5, 5.41) is 8.26. The fraction of sp³-hybridized carbons (Fsp3) is 0.353. The molecule has 1 aromatic carbocycles. The van der Waals surface area contributed by atoms with Crippen molar-refractivity contribution in [3.63, 3.8) is 0 Å². The van der Waals surface area contributed by atoms with Gasteiger partial charge in [0.25, 0.3) is 5.91 Å². The van der Waals surface area contributed by atoms with Crippen molar-refractivity contribution in [1.82, 2.24) is 15.6 Å². The summed E-state index contributed by atoms with van der Waals surface area (Å²) in [6, 6.07) is 6.83. The molecule has 7 heteroatoms. The van der Waals surface area contributed by atoms with Crippen LogP contribution in [0.3, 0.4) is 0 Å². The summed E-state index contributed by atoms with van der Waals surface area (Å²) < 4.78 is 5.63. The Bertz CT molecular complexity index is 695. The third-order valence-electron chi connectivity index (χ3n) is 3.03. The lowest BCUT2D eigenvalue weighted by molar-refractivity contribution is -0.120. The molecular formula is C17H21N3O3S. The first kappa shape index (κ1) is 17.9. The molecular weight excluding hydrogens is 326 g/mol. The number of nitrogens with one attached hydrogen (secondary N) is 2. The monoisotopic (exact) mass is 347 g/mol. The van der Waals surface area contributed by atoms with Gasteiger partial charge >= 0.3 is 0 Å². The molecule has 128 valence electrons. The van der Waals surface area contributed by atoms with E-state index in [2.05, 4.69) is 15.6 Å². The molecule has 2 N–H and O–H groups in total. The SMILES string of the molecule is Cc1nc(COc2ccc(C(=O)NCC(=O)NC(C)C)cc2)cs1. The molecule has 0 atom stereocenters. The lowest BCUT2D eigenvalue weighted by atomic mass is 10.2. The summed E-state index contributed by atoms with van der Waals surface area (Å²) in [6.07, 6.45) is 0. The molecule has 0 saturated heterocycles. The smallest absolute Gasteiger partial charge is 0.251 e. The molecule has 2 aromatic rings. The number of nitrogens with zero attached hydrogens (tertiary/aromatic N) is 1. The number of benzene rings is 1. The van der Waals surface area contributed by atoms with Crippen LogP contribution >= 0.6 is 11.3 Å². The highest BCUT2D eigenvalue weighted by Crippen LogP contribution is 2.15. The highest BCUT2D eigenvalue weighted by Gasteiger charge is 2.09. The van der Waals surface area contributed by atoms with Gasteiger partial charge in [-0.05, 0) is 45.0 Å². The average Bonchev–Trinajstić information content (AvgIpc) is 2.96. The molecule has 0 spiro atoms.